The first-order valence-corrected chi connectivity index (χ1v) is 10.4. The number of carbonyl (C=O) groups excluding carboxylic acids is 1. The summed E-state index contributed by atoms with van der Waals surface area (Å²) in [5, 5.41) is 10.5. The van der Waals surface area contributed by atoms with E-state index in [0.717, 1.165) is 24.8 Å². The number of nitrogens with two attached hydrogens (primary N) is 1. The molecule has 0 radical (unpaired) electrons. The number of esters is 1. The summed E-state index contributed by atoms with van der Waals surface area (Å²) >= 11 is 0. The van der Waals surface area contributed by atoms with Crippen LogP contribution in [0.5, 0.6) is 0 Å². The van der Waals surface area contributed by atoms with Gasteiger partial charge in [-0.05, 0) is 73.5 Å². The molecule has 4 heteroatoms. The Balaban J connectivity index is 1.75. The molecule has 0 saturated heterocycles. The number of rotatable bonds is 1. The van der Waals surface area contributed by atoms with E-state index in [4.69, 9.17) is 10.5 Å². The van der Waals surface area contributed by atoms with Gasteiger partial charge in [0.1, 0.15) is 5.92 Å². The number of carbonyl (C=O) groups is 1. The van der Waals surface area contributed by atoms with E-state index in [-0.39, 0.29) is 22.3 Å². The Morgan fingerprint density at radius 1 is 1.19 bits per heavy atom. The fourth-order valence-corrected chi connectivity index (χ4v) is 7.50. The fourth-order valence-electron chi connectivity index (χ4n) is 7.50. The van der Waals surface area contributed by atoms with Gasteiger partial charge in [-0.1, -0.05) is 32.4 Å². The summed E-state index contributed by atoms with van der Waals surface area (Å²) in [7, 11) is 1.42. The van der Waals surface area contributed by atoms with Gasteiger partial charge in [0, 0.05) is 5.54 Å². The number of allylic oxidation sites excluding steroid dienone is 1. The molecule has 0 aromatic heterocycles. The number of fused-ring (bicyclic) bond motifs is 5. The predicted octanol–water partition coefficient (Wildman–Crippen LogP) is 3.43. The standard InChI is InChI=1S/C22H35NO3/c1-13-7-12-22(23)15-5-6-16-18(19(25)26-4)17(24)9-10-20(16,2)14(15)8-11-21(13,22)3/h6,13-15,17-18,24H,5,7-12,23H2,1-4H3/t13-,14-,15+,17-,18?,20+,21+,22-/m0/s1. The lowest BCUT2D eigenvalue weighted by Gasteiger charge is -2.62. The molecule has 0 amide bonds. The molecule has 0 aliphatic heterocycles. The third-order valence-electron chi connectivity index (χ3n) is 9.47. The van der Waals surface area contributed by atoms with E-state index in [2.05, 4.69) is 26.8 Å². The van der Waals surface area contributed by atoms with Gasteiger partial charge in [0.15, 0.2) is 0 Å². The second-order valence-electron chi connectivity index (χ2n) is 10.1. The Bertz CT molecular complexity index is 645. The summed E-state index contributed by atoms with van der Waals surface area (Å²) in [6, 6.07) is 0. The number of aliphatic hydroxyl groups excluding tert-OH is 1. The van der Waals surface area contributed by atoms with Crippen LogP contribution in [0.2, 0.25) is 0 Å². The monoisotopic (exact) mass is 361 g/mol. The Hall–Kier alpha value is -0.870. The minimum atomic E-state index is -0.620. The lowest BCUT2D eigenvalue weighted by Crippen LogP contribution is -2.65. The van der Waals surface area contributed by atoms with Crippen molar-refractivity contribution in [1.29, 1.82) is 0 Å². The number of aliphatic hydroxyl groups is 1. The fraction of sp³-hybridized carbons (Fsp3) is 0.864. The van der Waals surface area contributed by atoms with Crippen LogP contribution >= 0.6 is 0 Å². The molecule has 4 aliphatic carbocycles. The Morgan fingerprint density at radius 3 is 2.62 bits per heavy atom. The highest BCUT2D eigenvalue weighted by Crippen LogP contribution is 2.67. The first-order chi connectivity index (χ1) is 12.2. The Labute approximate surface area is 157 Å². The number of hydrogen-bond donors (Lipinski definition) is 2. The van der Waals surface area contributed by atoms with Crippen molar-refractivity contribution in [3.05, 3.63) is 11.6 Å². The lowest BCUT2D eigenvalue weighted by molar-refractivity contribution is -0.151. The quantitative estimate of drug-likeness (QED) is 0.554. The average molecular weight is 362 g/mol. The molecule has 0 spiro atoms. The van der Waals surface area contributed by atoms with Gasteiger partial charge in [-0.15, -0.1) is 0 Å². The van der Waals surface area contributed by atoms with Crippen molar-refractivity contribution in [3.8, 4) is 0 Å². The van der Waals surface area contributed by atoms with Crippen molar-refractivity contribution >= 4 is 5.97 Å². The summed E-state index contributed by atoms with van der Waals surface area (Å²) in [5.41, 5.74) is 8.42. The minimum Gasteiger partial charge on any atom is -0.468 e. The van der Waals surface area contributed by atoms with E-state index < -0.39 is 12.0 Å². The molecule has 4 rings (SSSR count). The van der Waals surface area contributed by atoms with Crippen molar-refractivity contribution in [2.75, 3.05) is 7.11 Å². The van der Waals surface area contributed by atoms with Gasteiger partial charge >= 0.3 is 5.97 Å². The maximum absolute atomic E-state index is 12.4. The lowest BCUT2D eigenvalue weighted by atomic mass is 9.44. The Morgan fingerprint density at radius 2 is 1.92 bits per heavy atom. The van der Waals surface area contributed by atoms with Crippen molar-refractivity contribution in [2.24, 2.45) is 40.2 Å². The molecule has 0 aromatic carbocycles. The van der Waals surface area contributed by atoms with Crippen LogP contribution in [0.3, 0.4) is 0 Å². The average Bonchev–Trinajstić information content (AvgIpc) is 2.86. The highest BCUT2D eigenvalue weighted by molar-refractivity contribution is 5.77. The molecule has 26 heavy (non-hydrogen) atoms. The maximum atomic E-state index is 12.4. The summed E-state index contributed by atoms with van der Waals surface area (Å²) in [5.74, 6) is 0.886. The van der Waals surface area contributed by atoms with Crippen LogP contribution in [0, 0.1) is 34.5 Å². The van der Waals surface area contributed by atoms with Crippen molar-refractivity contribution in [2.45, 2.75) is 77.4 Å². The molecule has 3 saturated carbocycles. The van der Waals surface area contributed by atoms with Gasteiger partial charge in [-0.3, -0.25) is 4.79 Å². The highest BCUT2D eigenvalue weighted by Gasteiger charge is 2.65. The molecular formula is C22H35NO3. The van der Waals surface area contributed by atoms with E-state index >= 15 is 0 Å². The minimum absolute atomic E-state index is 0.0411. The van der Waals surface area contributed by atoms with Crippen molar-refractivity contribution in [1.82, 2.24) is 0 Å². The molecule has 4 nitrogen and oxygen atoms in total. The number of ether oxygens (including phenoxy) is 1. The smallest absolute Gasteiger partial charge is 0.315 e. The third kappa shape index (κ3) is 2.12. The van der Waals surface area contributed by atoms with E-state index in [1.54, 1.807) is 0 Å². The van der Waals surface area contributed by atoms with Crippen molar-refractivity contribution in [3.63, 3.8) is 0 Å². The van der Waals surface area contributed by atoms with Gasteiger partial charge in [0.05, 0.1) is 13.2 Å². The topological polar surface area (TPSA) is 72.5 Å². The molecule has 0 heterocycles. The van der Waals surface area contributed by atoms with E-state index in [9.17, 15) is 9.90 Å². The van der Waals surface area contributed by atoms with E-state index in [1.165, 1.54) is 26.4 Å². The van der Waals surface area contributed by atoms with Gasteiger partial charge in [0.25, 0.3) is 0 Å². The molecule has 0 aromatic rings. The molecule has 3 fully saturated rings. The zero-order chi connectivity index (χ0) is 18.9. The van der Waals surface area contributed by atoms with Crippen molar-refractivity contribution < 1.29 is 14.6 Å². The molecule has 146 valence electrons. The predicted molar refractivity (Wildman–Crippen MR) is 101 cm³/mol. The van der Waals surface area contributed by atoms with Crippen LogP contribution < -0.4 is 5.73 Å². The van der Waals surface area contributed by atoms with Crippen LogP contribution in [0.1, 0.15) is 65.7 Å². The zero-order valence-electron chi connectivity index (χ0n) is 16.8. The molecule has 1 unspecified atom stereocenters. The number of methoxy groups -OCH3 is 1. The molecule has 3 N–H and O–H groups in total. The second kappa shape index (κ2) is 5.81. The van der Waals surface area contributed by atoms with Gasteiger partial charge in [0.2, 0.25) is 0 Å². The normalized spacial score (nSPS) is 53.2. The highest BCUT2D eigenvalue weighted by atomic mass is 16.5. The van der Waals surface area contributed by atoms with Crippen LogP contribution in [0.25, 0.3) is 0 Å². The SMILES string of the molecule is COC(=O)C1C2=CC[C@@H]3[C@H](CC[C@]4(C)[C@@H](C)CC[C@]34N)[C@@]2(C)CC[C@@H]1O. The van der Waals surface area contributed by atoms with Gasteiger partial charge < -0.3 is 15.6 Å². The summed E-state index contributed by atoms with van der Waals surface area (Å²) in [4.78, 5) is 12.4. The van der Waals surface area contributed by atoms with Gasteiger partial charge in [-0.25, -0.2) is 0 Å². The largest absolute Gasteiger partial charge is 0.468 e. The van der Waals surface area contributed by atoms with Crippen LogP contribution in [-0.4, -0.2) is 29.8 Å². The first-order valence-electron chi connectivity index (χ1n) is 10.4. The second-order valence-corrected chi connectivity index (χ2v) is 10.1. The maximum Gasteiger partial charge on any atom is 0.315 e. The number of hydrogen-bond acceptors (Lipinski definition) is 4. The Kier molecular flexibility index (Phi) is 4.13. The zero-order valence-corrected chi connectivity index (χ0v) is 16.8. The van der Waals surface area contributed by atoms with Crippen LogP contribution in [0.15, 0.2) is 11.6 Å². The van der Waals surface area contributed by atoms with Crippen LogP contribution in [0.4, 0.5) is 0 Å². The third-order valence-corrected chi connectivity index (χ3v) is 9.47. The summed E-state index contributed by atoms with van der Waals surface area (Å²) in [6.07, 6.45) is 8.90. The summed E-state index contributed by atoms with van der Waals surface area (Å²) < 4.78 is 5.04. The molecule has 4 aliphatic rings. The molecular weight excluding hydrogens is 326 g/mol. The van der Waals surface area contributed by atoms with Crippen LogP contribution in [-0.2, 0) is 9.53 Å². The van der Waals surface area contributed by atoms with Gasteiger partial charge in [-0.2, -0.15) is 0 Å². The molecule has 0 bridgehead atoms. The summed E-state index contributed by atoms with van der Waals surface area (Å²) in [6.45, 7) is 7.12. The van der Waals surface area contributed by atoms with E-state index in [0.29, 0.717) is 24.2 Å². The van der Waals surface area contributed by atoms with E-state index in [1.807, 2.05) is 0 Å². The first kappa shape index (κ1) is 18.5. The molecule has 8 atom stereocenters.